The van der Waals surface area contributed by atoms with Crippen molar-refractivity contribution in [3.05, 3.63) is 22.4 Å². The predicted molar refractivity (Wildman–Crippen MR) is 85.0 cm³/mol. The van der Waals surface area contributed by atoms with E-state index in [0.717, 1.165) is 0 Å². The molecule has 0 aliphatic rings. The molecule has 1 heterocycles. The van der Waals surface area contributed by atoms with Gasteiger partial charge in [-0.3, -0.25) is 25.8 Å². The second-order valence-corrected chi connectivity index (χ2v) is 12.6. The van der Waals surface area contributed by atoms with Crippen molar-refractivity contribution in [3.8, 4) is 0 Å². The van der Waals surface area contributed by atoms with Crippen LogP contribution in [-0.2, 0) is 6.42 Å². The van der Waals surface area contributed by atoms with E-state index >= 15 is 0 Å². The molecule has 0 unspecified atom stereocenters. The summed E-state index contributed by atoms with van der Waals surface area (Å²) in [5, 5.41) is 4.44. The first-order valence-corrected chi connectivity index (χ1v) is 14.7. The first-order chi connectivity index (χ1) is 7.85. The Morgan fingerprint density at radius 1 is 1.12 bits per heavy atom. The quantitative estimate of drug-likeness (QED) is 0.404. The maximum Gasteiger partial charge on any atom is 0.560 e. The summed E-state index contributed by atoms with van der Waals surface area (Å²) < 4.78 is 0. The van der Waals surface area contributed by atoms with Crippen LogP contribution < -0.4 is 0 Å². The highest BCUT2D eigenvalue weighted by Gasteiger charge is 1.93. The van der Waals surface area contributed by atoms with Crippen LogP contribution in [0.1, 0.15) is 51.0 Å². The van der Waals surface area contributed by atoms with Gasteiger partial charge in [0.15, 0.2) is 0 Å². The summed E-state index contributed by atoms with van der Waals surface area (Å²) in [7, 11) is 0. The first kappa shape index (κ1) is 17.4. The molecule has 16 heavy (non-hydrogen) atoms. The number of hydrogen-bond acceptors (Lipinski definition) is 1. The normalized spacial score (nSPS) is 9.19. The van der Waals surface area contributed by atoms with Crippen LogP contribution >= 0.6 is 37.1 Å². The zero-order valence-corrected chi connectivity index (χ0v) is 15.5. The SMILES string of the molecule is CCCCCCCCc1ccsc1.[Br][Mg][Br]. The lowest BCUT2D eigenvalue weighted by molar-refractivity contribution is 0.608. The van der Waals surface area contributed by atoms with E-state index in [0.29, 0.717) is 0 Å². The van der Waals surface area contributed by atoms with E-state index < -0.39 is 0 Å². The Balaban J connectivity index is 0.000000673. The lowest BCUT2D eigenvalue weighted by atomic mass is 10.1. The second kappa shape index (κ2) is 14.5. The third-order valence-corrected chi connectivity index (χ3v) is 3.13. The fraction of sp³-hybridized carbons (Fsp3) is 0.667. The highest BCUT2D eigenvalue weighted by Crippen LogP contribution is 2.12. The summed E-state index contributed by atoms with van der Waals surface area (Å²) in [6.07, 6.45) is 9.70. The fourth-order valence-corrected chi connectivity index (χ4v) is 2.25. The van der Waals surface area contributed by atoms with Gasteiger partial charge in [0.1, 0.15) is 0 Å². The van der Waals surface area contributed by atoms with Gasteiger partial charge in [0.2, 0.25) is 0 Å². The Hall–Kier alpha value is 1.43. The molecule has 0 aromatic carbocycles. The van der Waals surface area contributed by atoms with Crippen molar-refractivity contribution in [3.63, 3.8) is 0 Å². The van der Waals surface area contributed by atoms with Crippen molar-refractivity contribution in [1.82, 2.24) is 0 Å². The first-order valence-electron chi connectivity index (χ1n) is 5.98. The lowest BCUT2D eigenvalue weighted by Crippen LogP contribution is -1.83. The van der Waals surface area contributed by atoms with Crippen LogP contribution in [0.4, 0.5) is 0 Å². The summed E-state index contributed by atoms with van der Waals surface area (Å²) in [5.41, 5.74) is 1.53. The van der Waals surface area contributed by atoms with E-state index in [4.69, 9.17) is 0 Å². The molecule has 1 aromatic rings. The number of unbranched alkanes of at least 4 members (excludes halogenated alkanes) is 5. The maximum absolute atomic E-state index is 3.20. The molecule has 4 heteroatoms. The highest BCUT2D eigenvalue weighted by molar-refractivity contribution is 9.47. The lowest BCUT2D eigenvalue weighted by Gasteiger charge is -1.99. The van der Waals surface area contributed by atoms with E-state index in [-0.39, 0.29) is 16.0 Å². The van der Waals surface area contributed by atoms with Gasteiger partial charge in [0.05, 0.1) is 0 Å². The number of hydrogen-bond donors (Lipinski definition) is 0. The van der Waals surface area contributed by atoms with Crippen molar-refractivity contribution in [2.45, 2.75) is 51.9 Å². The second-order valence-electron chi connectivity index (χ2n) is 3.75. The zero-order valence-electron chi connectivity index (χ0n) is 10.1. The molecule has 1 rings (SSSR count). The van der Waals surface area contributed by atoms with E-state index in [1.165, 1.54) is 50.5 Å². The van der Waals surface area contributed by atoms with E-state index in [1.807, 2.05) is 11.3 Å². The van der Waals surface area contributed by atoms with Crippen molar-refractivity contribution in [1.29, 1.82) is 0 Å². The molecule has 0 radical (unpaired) electrons. The summed E-state index contributed by atoms with van der Waals surface area (Å²) in [6.45, 7) is 2.27. The Morgan fingerprint density at radius 2 is 1.75 bits per heavy atom. The largest absolute Gasteiger partial charge is 0.560 e. The van der Waals surface area contributed by atoms with Gasteiger partial charge < -0.3 is 0 Å². The minimum absolute atomic E-state index is 0.0417. The predicted octanol–water partition coefficient (Wildman–Crippen LogP) is 5.96. The Kier molecular flexibility index (Phi) is 15.8. The van der Waals surface area contributed by atoms with E-state index in [1.54, 1.807) is 0 Å². The van der Waals surface area contributed by atoms with E-state index in [2.05, 4.69) is 49.5 Å². The van der Waals surface area contributed by atoms with Crippen LogP contribution in [0.15, 0.2) is 16.8 Å². The fourth-order valence-electron chi connectivity index (χ4n) is 1.54. The highest BCUT2D eigenvalue weighted by atomic mass is 79.9. The third-order valence-electron chi connectivity index (χ3n) is 2.40. The zero-order chi connectivity index (χ0) is 12.1. The standard InChI is InChI=1S/C12H20S.2BrH.Mg/c1-2-3-4-5-6-7-8-12-9-10-13-11-12;;;/h9-11H,2-8H2,1H3;2*1H;/q;;;+2/p-2. The summed E-state index contributed by atoms with van der Waals surface area (Å²) in [4.78, 5) is 0. The van der Waals surface area contributed by atoms with Crippen LogP contribution in [0.25, 0.3) is 0 Å². The van der Waals surface area contributed by atoms with Gasteiger partial charge in [-0.2, -0.15) is 11.3 Å². The Morgan fingerprint density at radius 3 is 2.31 bits per heavy atom. The molecule has 0 aliphatic heterocycles. The van der Waals surface area contributed by atoms with Crippen LogP contribution in [-0.4, -0.2) is 16.0 Å². The van der Waals surface area contributed by atoms with Gasteiger partial charge >= 0.3 is 16.0 Å². The van der Waals surface area contributed by atoms with Gasteiger partial charge in [-0.25, -0.2) is 0 Å². The van der Waals surface area contributed by atoms with Crippen LogP contribution in [0.2, 0.25) is 0 Å². The maximum atomic E-state index is 3.20. The molecule has 0 N–H and O–H groups in total. The van der Waals surface area contributed by atoms with Crippen molar-refractivity contribution in [2.24, 2.45) is 0 Å². The Bertz CT molecular complexity index is 215. The minimum Gasteiger partial charge on any atom is -0.280 e. The van der Waals surface area contributed by atoms with Crippen molar-refractivity contribution < 1.29 is 0 Å². The van der Waals surface area contributed by atoms with Gasteiger partial charge in [0.25, 0.3) is 0 Å². The molecule has 0 amide bonds. The number of aryl methyl sites for hydroxylation is 1. The summed E-state index contributed by atoms with van der Waals surface area (Å²) in [6, 6.07) is 2.25. The monoisotopic (exact) mass is 378 g/mol. The summed E-state index contributed by atoms with van der Waals surface area (Å²) in [5.74, 6) is 0. The smallest absolute Gasteiger partial charge is 0.280 e. The topological polar surface area (TPSA) is 0 Å². The van der Waals surface area contributed by atoms with Crippen LogP contribution in [0.3, 0.4) is 0 Å². The minimum atomic E-state index is 0.0417. The van der Waals surface area contributed by atoms with Crippen molar-refractivity contribution in [2.75, 3.05) is 0 Å². The molecule has 0 bridgehead atoms. The molecule has 0 saturated heterocycles. The van der Waals surface area contributed by atoms with Crippen LogP contribution in [0, 0.1) is 0 Å². The number of halogens is 2. The van der Waals surface area contributed by atoms with E-state index in [9.17, 15) is 0 Å². The molecule has 0 atom stereocenters. The van der Waals surface area contributed by atoms with Crippen molar-refractivity contribution >= 4 is 53.1 Å². The van der Waals surface area contributed by atoms with Gasteiger partial charge in [-0.1, -0.05) is 39.0 Å². The van der Waals surface area contributed by atoms with Gasteiger partial charge in [-0.15, -0.1) is 0 Å². The molecule has 0 spiro atoms. The molecule has 0 saturated carbocycles. The number of rotatable bonds is 7. The average Bonchev–Trinajstić information content (AvgIpc) is 2.77. The van der Waals surface area contributed by atoms with Gasteiger partial charge in [0, 0.05) is 0 Å². The molecule has 90 valence electrons. The Labute approximate surface area is 126 Å². The van der Waals surface area contributed by atoms with Gasteiger partial charge in [-0.05, 0) is 35.2 Å². The van der Waals surface area contributed by atoms with Crippen LogP contribution in [0.5, 0.6) is 0 Å². The average molecular weight is 380 g/mol. The number of thiophene rings is 1. The molecular weight excluding hydrogens is 360 g/mol. The molecule has 0 aliphatic carbocycles. The molecule has 0 fully saturated rings. The third kappa shape index (κ3) is 11.9. The summed E-state index contributed by atoms with van der Waals surface area (Å²) >= 11 is 8.26. The molecule has 0 nitrogen and oxygen atoms in total. The molecule has 1 aromatic heterocycles. The molecular formula is C12H20Br2MgS.